The Balaban J connectivity index is 1.68. The van der Waals surface area contributed by atoms with Gasteiger partial charge < -0.3 is 10.0 Å². The van der Waals surface area contributed by atoms with Gasteiger partial charge in [0.05, 0.1) is 0 Å². The van der Waals surface area contributed by atoms with E-state index in [1.807, 2.05) is 30.3 Å². The zero-order chi connectivity index (χ0) is 16.2. The van der Waals surface area contributed by atoms with Crippen molar-refractivity contribution in [2.75, 3.05) is 13.1 Å². The summed E-state index contributed by atoms with van der Waals surface area (Å²) in [6.45, 7) is 0.0259. The van der Waals surface area contributed by atoms with Crippen molar-refractivity contribution in [2.45, 2.75) is 25.2 Å². The number of hydrogen-bond donors (Lipinski definition) is 2. The van der Waals surface area contributed by atoms with Crippen LogP contribution in [0.25, 0.3) is 0 Å². The molecule has 1 aliphatic rings. The largest absolute Gasteiger partial charge is 0.480 e. The molecule has 0 bridgehead atoms. The molecule has 1 fully saturated rings. The van der Waals surface area contributed by atoms with Crippen molar-refractivity contribution in [3.63, 3.8) is 0 Å². The Morgan fingerprint density at radius 1 is 1.26 bits per heavy atom. The number of amides is 1. The predicted molar refractivity (Wildman–Crippen MR) is 84.2 cm³/mol. The first-order chi connectivity index (χ1) is 11.1. The molecule has 0 spiro atoms. The van der Waals surface area contributed by atoms with Gasteiger partial charge in [-0.25, -0.2) is 0 Å². The van der Waals surface area contributed by atoms with E-state index < -0.39 is 5.97 Å². The maximum absolute atomic E-state index is 12.5. The fraction of sp³-hybridized carbons (Fsp3) is 0.353. The standard InChI is InChI=1S/C17H19N3O3/c21-16(22)11-20(9-8-12-4-2-1-3-5-12)17(23)15-10-14(18-19-15)13-6-7-13/h1-5,10,13H,6-9,11H2,(H,18,19)(H,21,22). The van der Waals surface area contributed by atoms with Crippen molar-refractivity contribution in [3.05, 3.63) is 53.3 Å². The highest BCUT2D eigenvalue weighted by molar-refractivity contribution is 5.94. The first kappa shape index (κ1) is 15.3. The van der Waals surface area contributed by atoms with Crippen molar-refractivity contribution in [2.24, 2.45) is 0 Å². The van der Waals surface area contributed by atoms with Crippen molar-refractivity contribution in [3.8, 4) is 0 Å². The lowest BCUT2D eigenvalue weighted by molar-refractivity contribution is -0.137. The monoisotopic (exact) mass is 313 g/mol. The number of carboxylic acids is 1. The van der Waals surface area contributed by atoms with Crippen LogP contribution in [0.3, 0.4) is 0 Å². The van der Waals surface area contributed by atoms with Gasteiger partial charge in [0.2, 0.25) is 0 Å². The lowest BCUT2D eigenvalue weighted by Crippen LogP contribution is -2.37. The van der Waals surface area contributed by atoms with Gasteiger partial charge in [0.1, 0.15) is 12.2 Å². The van der Waals surface area contributed by atoms with Crippen molar-refractivity contribution >= 4 is 11.9 Å². The van der Waals surface area contributed by atoms with Crippen LogP contribution in [0.5, 0.6) is 0 Å². The van der Waals surface area contributed by atoms with E-state index in [1.54, 1.807) is 6.07 Å². The third-order valence-corrected chi connectivity index (χ3v) is 3.96. The Morgan fingerprint density at radius 2 is 2.00 bits per heavy atom. The Morgan fingerprint density at radius 3 is 2.65 bits per heavy atom. The molecule has 1 aromatic carbocycles. The molecule has 1 heterocycles. The van der Waals surface area contributed by atoms with Crippen LogP contribution in [-0.4, -0.2) is 45.2 Å². The molecule has 2 aromatic rings. The second-order valence-corrected chi connectivity index (χ2v) is 5.84. The number of nitrogens with zero attached hydrogens (tertiary/aromatic N) is 2. The summed E-state index contributed by atoms with van der Waals surface area (Å²) in [5.41, 5.74) is 2.32. The van der Waals surface area contributed by atoms with Crippen LogP contribution in [0.15, 0.2) is 36.4 Å². The molecule has 1 aliphatic carbocycles. The second kappa shape index (κ2) is 6.64. The first-order valence-corrected chi connectivity index (χ1v) is 7.74. The lowest BCUT2D eigenvalue weighted by atomic mass is 10.1. The van der Waals surface area contributed by atoms with Gasteiger partial charge in [-0.15, -0.1) is 0 Å². The maximum Gasteiger partial charge on any atom is 0.323 e. The van der Waals surface area contributed by atoms with Crippen LogP contribution >= 0.6 is 0 Å². The Hall–Kier alpha value is -2.63. The van der Waals surface area contributed by atoms with Crippen LogP contribution in [-0.2, 0) is 11.2 Å². The number of aromatic nitrogens is 2. The quantitative estimate of drug-likeness (QED) is 0.819. The zero-order valence-electron chi connectivity index (χ0n) is 12.7. The summed E-state index contributed by atoms with van der Waals surface area (Å²) in [5.74, 6) is -0.892. The molecule has 1 amide bonds. The number of carboxylic acid groups (broad SMARTS) is 1. The highest BCUT2D eigenvalue weighted by atomic mass is 16.4. The van der Waals surface area contributed by atoms with E-state index in [4.69, 9.17) is 5.11 Å². The average molecular weight is 313 g/mol. The number of aromatic amines is 1. The summed E-state index contributed by atoms with van der Waals surface area (Å²) in [6, 6.07) is 11.4. The minimum absolute atomic E-state index is 0.293. The van der Waals surface area contributed by atoms with Crippen molar-refractivity contribution in [1.82, 2.24) is 15.1 Å². The van der Waals surface area contributed by atoms with Gasteiger partial charge in [-0.2, -0.15) is 5.10 Å². The molecule has 0 aliphatic heterocycles. The Labute approximate surface area is 134 Å². The zero-order valence-corrected chi connectivity index (χ0v) is 12.7. The van der Waals surface area contributed by atoms with E-state index in [0.717, 1.165) is 24.1 Å². The summed E-state index contributed by atoms with van der Waals surface area (Å²) in [7, 11) is 0. The number of carbonyl (C=O) groups is 2. The van der Waals surface area contributed by atoms with Gasteiger partial charge >= 0.3 is 5.97 Å². The van der Waals surface area contributed by atoms with E-state index in [-0.39, 0.29) is 12.5 Å². The fourth-order valence-electron chi connectivity index (χ4n) is 2.54. The summed E-state index contributed by atoms with van der Waals surface area (Å²) < 4.78 is 0. The lowest BCUT2D eigenvalue weighted by Gasteiger charge is -2.19. The molecule has 1 saturated carbocycles. The van der Waals surface area contributed by atoms with E-state index in [9.17, 15) is 9.59 Å². The normalized spacial score (nSPS) is 13.7. The molecular formula is C17H19N3O3. The second-order valence-electron chi connectivity index (χ2n) is 5.84. The molecule has 1 aromatic heterocycles. The molecular weight excluding hydrogens is 294 g/mol. The number of carbonyl (C=O) groups excluding carboxylic acids is 1. The van der Waals surface area contributed by atoms with Gasteiger partial charge in [0.15, 0.2) is 0 Å². The van der Waals surface area contributed by atoms with Gasteiger partial charge in [-0.3, -0.25) is 14.7 Å². The maximum atomic E-state index is 12.5. The third kappa shape index (κ3) is 3.97. The van der Waals surface area contributed by atoms with E-state index in [2.05, 4.69) is 10.2 Å². The number of rotatable bonds is 7. The molecule has 0 radical (unpaired) electrons. The fourth-order valence-corrected chi connectivity index (χ4v) is 2.54. The topological polar surface area (TPSA) is 86.3 Å². The molecule has 6 nitrogen and oxygen atoms in total. The number of hydrogen-bond acceptors (Lipinski definition) is 3. The minimum Gasteiger partial charge on any atom is -0.480 e. The molecule has 23 heavy (non-hydrogen) atoms. The van der Waals surface area contributed by atoms with E-state index in [0.29, 0.717) is 24.6 Å². The van der Waals surface area contributed by atoms with Gasteiger partial charge in [0, 0.05) is 18.2 Å². The molecule has 0 unspecified atom stereocenters. The first-order valence-electron chi connectivity index (χ1n) is 7.74. The molecule has 2 N–H and O–H groups in total. The smallest absolute Gasteiger partial charge is 0.323 e. The molecule has 120 valence electrons. The Bertz CT molecular complexity index is 692. The van der Waals surface area contributed by atoms with Gasteiger partial charge in [-0.1, -0.05) is 30.3 Å². The van der Waals surface area contributed by atoms with Crippen LogP contribution in [0.1, 0.15) is 40.5 Å². The summed E-state index contributed by atoms with van der Waals surface area (Å²) in [6.07, 6.45) is 2.84. The third-order valence-electron chi connectivity index (χ3n) is 3.96. The highest BCUT2D eigenvalue weighted by Gasteiger charge is 2.28. The molecule has 0 saturated heterocycles. The number of H-pyrrole nitrogens is 1. The summed E-state index contributed by atoms with van der Waals surface area (Å²) >= 11 is 0. The molecule has 6 heteroatoms. The number of aliphatic carboxylic acids is 1. The average Bonchev–Trinajstić information content (AvgIpc) is 3.29. The SMILES string of the molecule is O=C(O)CN(CCc1ccccc1)C(=O)c1cc(C2CC2)[nH]n1. The van der Waals surface area contributed by atoms with Crippen molar-refractivity contribution < 1.29 is 14.7 Å². The molecule has 3 rings (SSSR count). The van der Waals surface area contributed by atoms with Crippen LogP contribution in [0, 0.1) is 0 Å². The van der Waals surface area contributed by atoms with Gasteiger partial charge in [-0.05, 0) is 30.9 Å². The van der Waals surface area contributed by atoms with Crippen LogP contribution < -0.4 is 0 Å². The Kier molecular flexibility index (Phi) is 4.41. The van der Waals surface area contributed by atoms with E-state index in [1.165, 1.54) is 4.90 Å². The van der Waals surface area contributed by atoms with Crippen LogP contribution in [0.4, 0.5) is 0 Å². The van der Waals surface area contributed by atoms with Crippen molar-refractivity contribution in [1.29, 1.82) is 0 Å². The predicted octanol–water partition coefficient (Wildman–Crippen LogP) is 2.06. The summed E-state index contributed by atoms with van der Waals surface area (Å²) in [5, 5.41) is 16.0. The minimum atomic E-state index is -1.02. The van der Waals surface area contributed by atoms with Crippen LogP contribution in [0.2, 0.25) is 0 Å². The van der Waals surface area contributed by atoms with E-state index >= 15 is 0 Å². The van der Waals surface area contributed by atoms with Gasteiger partial charge in [0.25, 0.3) is 5.91 Å². The number of benzene rings is 1. The summed E-state index contributed by atoms with van der Waals surface area (Å²) in [4.78, 5) is 24.9. The number of nitrogens with one attached hydrogen (secondary N) is 1. The molecule has 0 atom stereocenters. The highest BCUT2D eigenvalue weighted by Crippen LogP contribution is 2.39.